The molecule has 1 heterocycles. The zero-order valence-corrected chi connectivity index (χ0v) is 10.0. The van der Waals surface area contributed by atoms with E-state index in [-0.39, 0.29) is 22.9 Å². The number of rotatable bonds is 3. The molecule has 0 bridgehead atoms. The number of aromatic nitrogens is 2. The summed E-state index contributed by atoms with van der Waals surface area (Å²) in [6.45, 7) is 3.73. The summed E-state index contributed by atoms with van der Waals surface area (Å²) in [5, 5.41) is 4.08. The van der Waals surface area contributed by atoms with Crippen LogP contribution in [0.1, 0.15) is 30.2 Å². The van der Waals surface area contributed by atoms with Gasteiger partial charge in [-0.25, -0.2) is 8.78 Å². The Morgan fingerprint density at radius 2 is 1.89 bits per heavy atom. The molecule has 1 aromatic heterocycles. The van der Waals surface area contributed by atoms with E-state index in [1.807, 2.05) is 13.8 Å². The van der Waals surface area contributed by atoms with Crippen LogP contribution in [0.15, 0.2) is 24.4 Å². The lowest BCUT2D eigenvalue weighted by Crippen LogP contribution is -2.01. The Morgan fingerprint density at radius 1 is 1.28 bits per heavy atom. The normalized spacial score (nSPS) is 10.9. The fourth-order valence-corrected chi connectivity index (χ4v) is 1.67. The predicted molar refractivity (Wildman–Crippen MR) is 63.4 cm³/mol. The van der Waals surface area contributed by atoms with E-state index in [4.69, 9.17) is 0 Å². The molecule has 2 rings (SSSR count). The molecule has 18 heavy (non-hydrogen) atoms. The number of carbonyl (C=O) groups is 1. The fourth-order valence-electron chi connectivity index (χ4n) is 1.67. The molecule has 2 aromatic rings. The number of aldehydes is 1. The summed E-state index contributed by atoms with van der Waals surface area (Å²) < 4.78 is 28.8. The Bertz CT molecular complexity index is 570. The van der Waals surface area contributed by atoms with Gasteiger partial charge in [0, 0.05) is 12.2 Å². The number of hydrogen-bond acceptors (Lipinski definition) is 2. The van der Waals surface area contributed by atoms with Crippen molar-refractivity contribution in [2.75, 3.05) is 0 Å². The monoisotopic (exact) mass is 250 g/mol. The van der Waals surface area contributed by atoms with Gasteiger partial charge in [0.2, 0.25) is 0 Å². The molecule has 1 aromatic carbocycles. The van der Waals surface area contributed by atoms with Crippen molar-refractivity contribution in [1.29, 1.82) is 0 Å². The Kier molecular flexibility index (Phi) is 3.23. The summed E-state index contributed by atoms with van der Waals surface area (Å²) >= 11 is 0. The van der Waals surface area contributed by atoms with E-state index in [0.717, 1.165) is 12.1 Å². The molecule has 0 aliphatic heterocycles. The molecule has 0 amide bonds. The molecule has 0 aliphatic rings. The molecule has 0 unspecified atom stereocenters. The largest absolute Gasteiger partial charge is 0.298 e. The highest BCUT2D eigenvalue weighted by Gasteiger charge is 2.19. The van der Waals surface area contributed by atoms with Gasteiger partial charge in [0.15, 0.2) is 6.29 Å². The highest BCUT2D eigenvalue weighted by atomic mass is 19.1. The van der Waals surface area contributed by atoms with E-state index in [1.165, 1.54) is 16.9 Å². The first-order chi connectivity index (χ1) is 8.54. The summed E-state index contributed by atoms with van der Waals surface area (Å²) in [5.41, 5.74) is -0.0546. The molecule has 0 aliphatic carbocycles. The van der Waals surface area contributed by atoms with Gasteiger partial charge in [-0.3, -0.25) is 9.48 Å². The van der Waals surface area contributed by atoms with Crippen molar-refractivity contribution in [2.45, 2.75) is 19.9 Å². The lowest BCUT2D eigenvalue weighted by molar-refractivity contribution is 0.112. The van der Waals surface area contributed by atoms with Crippen LogP contribution in [-0.2, 0) is 0 Å². The van der Waals surface area contributed by atoms with E-state index in [2.05, 4.69) is 5.10 Å². The molecule has 0 atom stereocenters. The number of carbonyl (C=O) groups excluding carboxylic acids is 1. The van der Waals surface area contributed by atoms with Gasteiger partial charge in [-0.2, -0.15) is 5.10 Å². The average molecular weight is 250 g/mol. The van der Waals surface area contributed by atoms with Crippen molar-refractivity contribution in [2.24, 2.45) is 0 Å². The Balaban J connectivity index is 2.66. The summed E-state index contributed by atoms with van der Waals surface area (Å²) in [6.07, 6.45) is 2.03. The molecule has 0 radical (unpaired) electrons. The van der Waals surface area contributed by atoms with Crippen LogP contribution in [0.2, 0.25) is 0 Å². The lowest BCUT2D eigenvalue weighted by atomic mass is 10.1. The van der Waals surface area contributed by atoms with Crippen molar-refractivity contribution in [3.63, 3.8) is 0 Å². The van der Waals surface area contributed by atoms with Crippen LogP contribution in [0.25, 0.3) is 11.3 Å². The summed E-state index contributed by atoms with van der Waals surface area (Å²) in [4.78, 5) is 11.0. The number of benzene rings is 1. The quantitative estimate of drug-likeness (QED) is 0.784. The van der Waals surface area contributed by atoms with Gasteiger partial charge in [0.05, 0.1) is 11.1 Å². The van der Waals surface area contributed by atoms with Crippen molar-refractivity contribution >= 4 is 6.29 Å². The number of halogens is 2. The van der Waals surface area contributed by atoms with Gasteiger partial charge in [-0.15, -0.1) is 0 Å². The van der Waals surface area contributed by atoms with Crippen LogP contribution in [-0.4, -0.2) is 16.1 Å². The van der Waals surface area contributed by atoms with Crippen molar-refractivity contribution in [3.05, 3.63) is 41.6 Å². The maximum atomic E-state index is 13.7. The van der Waals surface area contributed by atoms with E-state index in [1.54, 1.807) is 0 Å². The van der Waals surface area contributed by atoms with Gasteiger partial charge in [0.1, 0.15) is 17.3 Å². The van der Waals surface area contributed by atoms with Gasteiger partial charge >= 0.3 is 0 Å². The molecule has 0 fully saturated rings. The summed E-state index contributed by atoms with van der Waals surface area (Å²) in [5.74, 6) is -1.46. The Labute approximate surface area is 103 Å². The maximum Gasteiger partial charge on any atom is 0.153 e. The Hall–Kier alpha value is -2.04. The highest BCUT2D eigenvalue weighted by molar-refractivity contribution is 5.85. The molecular weight excluding hydrogens is 238 g/mol. The van der Waals surface area contributed by atoms with Gasteiger partial charge in [-0.1, -0.05) is 6.07 Å². The fraction of sp³-hybridized carbons (Fsp3) is 0.231. The predicted octanol–water partition coefficient (Wildman–Crippen LogP) is 3.22. The van der Waals surface area contributed by atoms with Crippen LogP contribution in [0.3, 0.4) is 0 Å². The maximum absolute atomic E-state index is 13.7. The third kappa shape index (κ3) is 2.03. The SMILES string of the molecule is CC(C)n1cc(C=O)c(-c2c(F)cccc2F)n1. The van der Waals surface area contributed by atoms with Crippen LogP contribution in [0, 0.1) is 11.6 Å². The zero-order chi connectivity index (χ0) is 13.3. The van der Waals surface area contributed by atoms with Gasteiger partial charge < -0.3 is 0 Å². The minimum atomic E-state index is -0.730. The highest BCUT2D eigenvalue weighted by Crippen LogP contribution is 2.27. The topological polar surface area (TPSA) is 34.9 Å². The van der Waals surface area contributed by atoms with Crippen molar-refractivity contribution < 1.29 is 13.6 Å². The van der Waals surface area contributed by atoms with E-state index in [0.29, 0.717) is 6.29 Å². The minimum Gasteiger partial charge on any atom is -0.298 e. The van der Waals surface area contributed by atoms with Gasteiger partial charge in [0.25, 0.3) is 0 Å². The third-order valence-electron chi connectivity index (χ3n) is 2.62. The van der Waals surface area contributed by atoms with Crippen molar-refractivity contribution in [3.8, 4) is 11.3 Å². The molecule has 94 valence electrons. The van der Waals surface area contributed by atoms with Crippen molar-refractivity contribution in [1.82, 2.24) is 9.78 Å². The molecule has 0 N–H and O–H groups in total. The number of nitrogens with zero attached hydrogens (tertiary/aromatic N) is 2. The molecule has 5 heteroatoms. The third-order valence-corrected chi connectivity index (χ3v) is 2.62. The van der Waals surface area contributed by atoms with Crippen LogP contribution >= 0.6 is 0 Å². The molecule has 0 saturated heterocycles. The van der Waals surface area contributed by atoms with E-state index >= 15 is 0 Å². The second-order valence-electron chi connectivity index (χ2n) is 4.22. The molecule has 0 saturated carbocycles. The lowest BCUT2D eigenvalue weighted by Gasteiger charge is -2.04. The van der Waals surface area contributed by atoms with E-state index in [9.17, 15) is 13.6 Å². The van der Waals surface area contributed by atoms with Crippen LogP contribution in [0.5, 0.6) is 0 Å². The first-order valence-electron chi connectivity index (χ1n) is 5.53. The zero-order valence-electron chi connectivity index (χ0n) is 10.0. The van der Waals surface area contributed by atoms with Gasteiger partial charge in [-0.05, 0) is 26.0 Å². The average Bonchev–Trinajstić information content (AvgIpc) is 2.73. The summed E-state index contributed by atoms with van der Waals surface area (Å²) in [7, 11) is 0. The molecular formula is C13H12F2N2O. The molecule has 0 spiro atoms. The first kappa shape index (κ1) is 12.4. The second kappa shape index (κ2) is 4.68. The van der Waals surface area contributed by atoms with Crippen LogP contribution in [0.4, 0.5) is 8.78 Å². The second-order valence-corrected chi connectivity index (χ2v) is 4.22. The van der Waals surface area contributed by atoms with E-state index < -0.39 is 11.6 Å². The number of hydrogen-bond donors (Lipinski definition) is 0. The first-order valence-corrected chi connectivity index (χ1v) is 5.53. The smallest absolute Gasteiger partial charge is 0.153 e. The molecule has 3 nitrogen and oxygen atoms in total. The standard InChI is InChI=1S/C13H12F2N2O/c1-8(2)17-6-9(7-18)13(16-17)12-10(14)4-3-5-11(12)15/h3-8H,1-2H3. The Morgan fingerprint density at radius 3 is 2.39 bits per heavy atom. The minimum absolute atomic E-state index is 0.00675. The summed E-state index contributed by atoms with van der Waals surface area (Å²) in [6, 6.07) is 3.56. The van der Waals surface area contributed by atoms with Crippen LogP contribution < -0.4 is 0 Å².